The molecule has 0 bridgehead atoms. The van der Waals surface area contributed by atoms with Gasteiger partial charge in [-0.2, -0.15) is 10.2 Å². The van der Waals surface area contributed by atoms with Crippen LogP contribution in [0.25, 0.3) is 5.69 Å². The molecule has 0 aliphatic heterocycles. The number of nitrogens with one attached hydrogen (secondary N) is 2. The lowest BCUT2D eigenvalue weighted by Crippen LogP contribution is -2.34. The van der Waals surface area contributed by atoms with E-state index in [9.17, 15) is 9.18 Å². The van der Waals surface area contributed by atoms with E-state index in [1.165, 1.54) is 25.0 Å². The van der Waals surface area contributed by atoms with Crippen molar-refractivity contribution >= 4 is 11.7 Å². The van der Waals surface area contributed by atoms with Crippen LogP contribution in [0.5, 0.6) is 0 Å². The molecule has 0 unspecified atom stereocenters. The molecule has 0 atom stereocenters. The van der Waals surface area contributed by atoms with Gasteiger partial charge in [-0.15, -0.1) is 0 Å². The number of urea groups is 1. The summed E-state index contributed by atoms with van der Waals surface area (Å²) in [6.45, 7) is 4.40. The maximum Gasteiger partial charge on any atom is 0.335 e. The molecule has 0 radical (unpaired) electrons. The minimum atomic E-state index is -0.301. The van der Waals surface area contributed by atoms with E-state index in [2.05, 4.69) is 20.9 Å². The van der Waals surface area contributed by atoms with Crippen LogP contribution < -0.4 is 10.7 Å². The molecule has 2 amide bonds. The van der Waals surface area contributed by atoms with Crippen LogP contribution in [-0.2, 0) is 0 Å². The van der Waals surface area contributed by atoms with Gasteiger partial charge in [0, 0.05) is 12.1 Å². The molecule has 7 heteroatoms. The lowest BCUT2D eigenvalue weighted by Gasteiger charge is -2.06. The topological polar surface area (TPSA) is 71.3 Å². The number of hydrogen-bond acceptors (Lipinski definition) is 3. The van der Waals surface area contributed by atoms with E-state index in [4.69, 9.17) is 0 Å². The molecule has 1 aromatic heterocycles. The molecule has 1 heterocycles. The van der Waals surface area contributed by atoms with Gasteiger partial charge in [0.05, 0.1) is 23.3 Å². The van der Waals surface area contributed by atoms with Crippen LogP contribution in [0.3, 0.4) is 0 Å². The lowest BCUT2D eigenvalue weighted by molar-refractivity contribution is 0.241. The molecule has 1 fully saturated rings. The number of aromatic nitrogens is 2. The van der Waals surface area contributed by atoms with E-state index in [0.717, 1.165) is 16.9 Å². The van der Waals surface area contributed by atoms with E-state index >= 15 is 0 Å². The van der Waals surface area contributed by atoms with Crippen molar-refractivity contribution in [3.05, 3.63) is 47.5 Å². The zero-order valence-electron chi connectivity index (χ0n) is 13.7. The zero-order valence-corrected chi connectivity index (χ0v) is 13.7. The van der Waals surface area contributed by atoms with Crippen molar-refractivity contribution in [1.29, 1.82) is 0 Å². The highest BCUT2D eigenvalue weighted by Gasteiger charge is 2.21. The second-order valence-corrected chi connectivity index (χ2v) is 5.99. The van der Waals surface area contributed by atoms with Gasteiger partial charge in [0.25, 0.3) is 0 Å². The average molecular weight is 329 g/mol. The molecule has 24 heavy (non-hydrogen) atoms. The Kier molecular flexibility index (Phi) is 4.59. The Hall–Kier alpha value is -2.70. The van der Waals surface area contributed by atoms with Gasteiger partial charge in [-0.05, 0) is 56.9 Å². The second kappa shape index (κ2) is 6.82. The summed E-state index contributed by atoms with van der Waals surface area (Å²) in [5, 5.41) is 11.2. The molecular formula is C17H20FN5O. The van der Waals surface area contributed by atoms with E-state index in [0.29, 0.717) is 18.2 Å². The molecule has 0 saturated heterocycles. The van der Waals surface area contributed by atoms with E-state index in [1.54, 1.807) is 29.9 Å². The van der Waals surface area contributed by atoms with Crippen molar-refractivity contribution in [2.75, 3.05) is 6.54 Å². The summed E-state index contributed by atoms with van der Waals surface area (Å²) in [7, 11) is 0. The fourth-order valence-corrected chi connectivity index (χ4v) is 2.40. The highest BCUT2D eigenvalue weighted by Crippen LogP contribution is 2.27. The fraction of sp³-hybridized carbons (Fsp3) is 0.353. The Morgan fingerprint density at radius 1 is 1.38 bits per heavy atom. The van der Waals surface area contributed by atoms with Gasteiger partial charge in [0.15, 0.2) is 0 Å². The van der Waals surface area contributed by atoms with E-state index in [-0.39, 0.29) is 11.8 Å². The first kappa shape index (κ1) is 16.2. The van der Waals surface area contributed by atoms with Gasteiger partial charge < -0.3 is 5.32 Å². The van der Waals surface area contributed by atoms with Gasteiger partial charge in [-0.3, -0.25) is 0 Å². The van der Waals surface area contributed by atoms with Crippen molar-refractivity contribution in [2.45, 2.75) is 26.7 Å². The quantitative estimate of drug-likeness (QED) is 0.654. The van der Waals surface area contributed by atoms with E-state index < -0.39 is 0 Å². The van der Waals surface area contributed by atoms with Crippen LogP contribution in [0.15, 0.2) is 35.6 Å². The van der Waals surface area contributed by atoms with Crippen molar-refractivity contribution < 1.29 is 9.18 Å². The number of nitrogens with zero attached hydrogens (tertiary/aromatic N) is 3. The molecule has 0 spiro atoms. The van der Waals surface area contributed by atoms with E-state index in [1.807, 2.05) is 6.92 Å². The number of hydrazone groups is 1. The minimum Gasteiger partial charge on any atom is -0.336 e. The van der Waals surface area contributed by atoms with Crippen molar-refractivity contribution in [3.8, 4) is 5.69 Å². The van der Waals surface area contributed by atoms with Gasteiger partial charge in [0.2, 0.25) is 0 Å². The normalized spacial score (nSPS) is 14.5. The first-order chi connectivity index (χ1) is 11.5. The molecule has 1 saturated carbocycles. The summed E-state index contributed by atoms with van der Waals surface area (Å²) >= 11 is 0. The summed E-state index contributed by atoms with van der Waals surface area (Å²) < 4.78 is 14.7. The maximum atomic E-state index is 13.0. The lowest BCUT2D eigenvalue weighted by atomic mass is 10.2. The van der Waals surface area contributed by atoms with Crippen LogP contribution in [0, 0.1) is 18.7 Å². The summed E-state index contributed by atoms with van der Waals surface area (Å²) in [6.07, 6.45) is 4.05. The van der Waals surface area contributed by atoms with Gasteiger partial charge in [-0.25, -0.2) is 19.3 Å². The van der Waals surface area contributed by atoms with Crippen LogP contribution in [0.1, 0.15) is 31.0 Å². The SMILES string of the molecule is CC(=NNC(=O)NCC1CC1)c1cnn(-c2ccc(F)cc2)c1C. The number of rotatable bonds is 5. The van der Waals surface area contributed by atoms with Crippen molar-refractivity contribution in [3.63, 3.8) is 0 Å². The Balaban J connectivity index is 1.68. The number of carbonyl (C=O) groups excluding carboxylic acids is 1. The summed E-state index contributed by atoms with van der Waals surface area (Å²) in [5.41, 5.74) is 5.61. The predicted molar refractivity (Wildman–Crippen MR) is 89.7 cm³/mol. The third kappa shape index (κ3) is 3.79. The Labute approximate surface area is 139 Å². The number of benzene rings is 1. The largest absolute Gasteiger partial charge is 0.336 e. The van der Waals surface area contributed by atoms with Crippen LogP contribution in [0.2, 0.25) is 0 Å². The fourth-order valence-electron chi connectivity index (χ4n) is 2.40. The van der Waals surface area contributed by atoms with Gasteiger partial charge in [0.1, 0.15) is 5.82 Å². The monoisotopic (exact) mass is 329 g/mol. The van der Waals surface area contributed by atoms with Crippen LogP contribution in [-0.4, -0.2) is 28.1 Å². The average Bonchev–Trinajstić information content (AvgIpc) is 3.33. The van der Waals surface area contributed by atoms with Gasteiger partial charge >= 0.3 is 6.03 Å². The Morgan fingerprint density at radius 3 is 2.75 bits per heavy atom. The third-order valence-corrected chi connectivity index (χ3v) is 4.04. The highest BCUT2D eigenvalue weighted by molar-refractivity contribution is 6.00. The van der Waals surface area contributed by atoms with Crippen molar-refractivity contribution in [2.24, 2.45) is 11.0 Å². The standard InChI is InChI=1S/C17H20FN5O/c1-11(21-22-17(24)19-9-13-3-4-13)16-10-20-23(12(16)2)15-7-5-14(18)6-8-15/h5-8,10,13H,3-4,9H2,1-2H3,(H2,19,22,24). The Morgan fingerprint density at radius 2 is 2.08 bits per heavy atom. The third-order valence-electron chi connectivity index (χ3n) is 4.04. The number of halogens is 1. The second-order valence-electron chi connectivity index (χ2n) is 5.99. The highest BCUT2D eigenvalue weighted by atomic mass is 19.1. The maximum absolute atomic E-state index is 13.0. The molecule has 6 nitrogen and oxygen atoms in total. The molecule has 126 valence electrons. The van der Waals surface area contributed by atoms with Crippen molar-refractivity contribution in [1.82, 2.24) is 20.5 Å². The number of hydrogen-bond donors (Lipinski definition) is 2. The molecule has 1 aromatic carbocycles. The zero-order chi connectivity index (χ0) is 17.1. The first-order valence-electron chi connectivity index (χ1n) is 7.93. The minimum absolute atomic E-state index is 0.289. The van der Waals surface area contributed by atoms with Crippen LogP contribution in [0.4, 0.5) is 9.18 Å². The number of amides is 2. The molecule has 2 aromatic rings. The summed E-state index contributed by atoms with van der Waals surface area (Å²) in [5.74, 6) is 0.333. The Bertz CT molecular complexity index is 762. The molecule has 1 aliphatic carbocycles. The first-order valence-corrected chi connectivity index (χ1v) is 7.93. The smallest absolute Gasteiger partial charge is 0.335 e. The predicted octanol–water partition coefficient (Wildman–Crippen LogP) is 2.75. The summed E-state index contributed by atoms with van der Waals surface area (Å²) in [4.78, 5) is 11.7. The van der Waals surface area contributed by atoms with Gasteiger partial charge in [-0.1, -0.05) is 0 Å². The summed E-state index contributed by atoms with van der Waals surface area (Å²) in [6, 6.07) is 5.81. The number of carbonyl (C=O) groups is 1. The van der Waals surface area contributed by atoms with Crippen LogP contribution >= 0.6 is 0 Å². The molecule has 2 N–H and O–H groups in total. The molecule has 3 rings (SSSR count). The molecule has 1 aliphatic rings. The molecular weight excluding hydrogens is 309 g/mol.